The molecular formula is C19H17N3O3S. The number of fused-ring (bicyclic) bond motifs is 1. The number of nitrogens with one attached hydrogen (secondary N) is 2. The fourth-order valence-corrected chi connectivity index (χ4v) is 3.70. The summed E-state index contributed by atoms with van der Waals surface area (Å²) in [5.74, 6) is -0.441. The van der Waals surface area contributed by atoms with E-state index < -0.39 is 6.10 Å². The monoisotopic (exact) mass is 367 g/mol. The number of nitrogens with zero attached hydrogens (tertiary/aromatic N) is 1. The summed E-state index contributed by atoms with van der Waals surface area (Å²) in [5.41, 5.74) is 1.88. The molecule has 1 aliphatic heterocycles. The van der Waals surface area contributed by atoms with Gasteiger partial charge in [-0.1, -0.05) is 29.5 Å². The van der Waals surface area contributed by atoms with E-state index >= 15 is 0 Å². The van der Waals surface area contributed by atoms with Gasteiger partial charge in [0.1, 0.15) is 6.10 Å². The fourth-order valence-electron chi connectivity index (χ4n) is 2.84. The van der Waals surface area contributed by atoms with Gasteiger partial charge >= 0.3 is 0 Å². The number of carbonyl (C=O) groups excluding carboxylic acids is 2. The molecule has 6 nitrogen and oxygen atoms in total. The van der Waals surface area contributed by atoms with Crippen molar-refractivity contribution in [2.45, 2.75) is 18.9 Å². The number of aromatic nitrogens is 1. The van der Waals surface area contributed by atoms with Crippen LogP contribution in [-0.2, 0) is 9.53 Å². The van der Waals surface area contributed by atoms with E-state index in [1.165, 1.54) is 11.3 Å². The van der Waals surface area contributed by atoms with E-state index in [1.807, 2.05) is 24.3 Å². The quantitative estimate of drug-likeness (QED) is 0.737. The van der Waals surface area contributed by atoms with Gasteiger partial charge in [0.2, 0.25) is 0 Å². The summed E-state index contributed by atoms with van der Waals surface area (Å²) < 4.78 is 6.39. The molecule has 2 heterocycles. The lowest BCUT2D eigenvalue weighted by Crippen LogP contribution is -2.27. The number of carbonyl (C=O) groups is 2. The van der Waals surface area contributed by atoms with E-state index in [0.29, 0.717) is 23.0 Å². The van der Waals surface area contributed by atoms with Gasteiger partial charge in [-0.05, 0) is 43.2 Å². The van der Waals surface area contributed by atoms with Crippen molar-refractivity contribution in [3.05, 3.63) is 54.1 Å². The van der Waals surface area contributed by atoms with Crippen molar-refractivity contribution in [3.8, 4) is 0 Å². The molecule has 1 aliphatic rings. The number of benzene rings is 2. The molecule has 3 aromatic rings. The van der Waals surface area contributed by atoms with Crippen LogP contribution in [0.2, 0.25) is 0 Å². The topological polar surface area (TPSA) is 80.3 Å². The van der Waals surface area contributed by atoms with Gasteiger partial charge in [-0.15, -0.1) is 0 Å². The normalized spacial score (nSPS) is 16.5. The van der Waals surface area contributed by atoms with Crippen LogP contribution in [0.4, 0.5) is 10.8 Å². The van der Waals surface area contributed by atoms with E-state index in [1.54, 1.807) is 24.3 Å². The van der Waals surface area contributed by atoms with E-state index in [9.17, 15) is 9.59 Å². The molecular weight excluding hydrogens is 350 g/mol. The van der Waals surface area contributed by atoms with E-state index in [2.05, 4.69) is 15.6 Å². The Kier molecular flexibility index (Phi) is 4.64. The Bertz CT molecular complexity index is 930. The molecule has 4 rings (SSSR count). The van der Waals surface area contributed by atoms with Crippen molar-refractivity contribution >= 4 is 44.2 Å². The average Bonchev–Trinajstić information content (AvgIpc) is 3.31. The van der Waals surface area contributed by atoms with Gasteiger partial charge in [0.15, 0.2) is 5.13 Å². The number of para-hydroxylation sites is 1. The molecule has 7 heteroatoms. The predicted molar refractivity (Wildman–Crippen MR) is 102 cm³/mol. The standard InChI is InChI=1S/C19H17N3O3S/c23-17(22-19-21-14-7-1-2-9-16(14)26-19)12-5-3-6-13(11-12)20-18(24)15-8-4-10-25-15/h1-3,5-7,9,11,15H,4,8,10H2,(H,20,24)(H,21,22,23)/t15-/m0/s1. The zero-order valence-corrected chi connectivity index (χ0v) is 14.7. The minimum Gasteiger partial charge on any atom is -0.368 e. The summed E-state index contributed by atoms with van der Waals surface area (Å²) >= 11 is 1.42. The first-order valence-electron chi connectivity index (χ1n) is 8.38. The molecule has 1 saturated heterocycles. The van der Waals surface area contributed by atoms with Gasteiger partial charge in [0.25, 0.3) is 11.8 Å². The molecule has 0 aliphatic carbocycles. The molecule has 2 aromatic carbocycles. The Morgan fingerprint density at radius 3 is 2.81 bits per heavy atom. The van der Waals surface area contributed by atoms with Crippen LogP contribution in [0.3, 0.4) is 0 Å². The van der Waals surface area contributed by atoms with Crippen molar-refractivity contribution in [3.63, 3.8) is 0 Å². The SMILES string of the molecule is O=C(Nc1nc2ccccc2s1)c1cccc(NC(=O)[C@@H]2CCCO2)c1. The van der Waals surface area contributed by atoms with E-state index in [-0.39, 0.29) is 11.8 Å². The van der Waals surface area contributed by atoms with Crippen molar-refractivity contribution in [2.75, 3.05) is 17.2 Å². The minimum atomic E-state index is -0.407. The summed E-state index contributed by atoms with van der Waals surface area (Å²) in [4.78, 5) is 29.0. The van der Waals surface area contributed by atoms with Gasteiger partial charge in [0.05, 0.1) is 10.2 Å². The predicted octanol–water partition coefficient (Wildman–Crippen LogP) is 3.67. The van der Waals surface area contributed by atoms with E-state index in [4.69, 9.17) is 4.74 Å². The Labute approximate surface area is 154 Å². The number of ether oxygens (including phenoxy) is 1. The third kappa shape index (κ3) is 3.58. The van der Waals surface area contributed by atoms with Gasteiger partial charge < -0.3 is 10.1 Å². The molecule has 0 spiro atoms. The molecule has 0 bridgehead atoms. The van der Waals surface area contributed by atoms with Gasteiger partial charge in [0, 0.05) is 17.9 Å². The molecule has 2 amide bonds. The maximum Gasteiger partial charge on any atom is 0.257 e. The highest BCUT2D eigenvalue weighted by atomic mass is 32.1. The minimum absolute atomic E-state index is 0.175. The Morgan fingerprint density at radius 1 is 1.12 bits per heavy atom. The second-order valence-electron chi connectivity index (χ2n) is 6.01. The van der Waals surface area contributed by atoms with Crippen LogP contribution < -0.4 is 10.6 Å². The maximum atomic E-state index is 12.5. The summed E-state index contributed by atoms with van der Waals surface area (Å²) in [6, 6.07) is 14.5. The Morgan fingerprint density at radius 2 is 2.00 bits per heavy atom. The van der Waals surface area contributed by atoms with Gasteiger partial charge in [-0.25, -0.2) is 4.98 Å². The Hall–Kier alpha value is -2.77. The molecule has 0 radical (unpaired) electrons. The highest BCUT2D eigenvalue weighted by Gasteiger charge is 2.23. The molecule has 132 valence electrons. The average molecular weight is 367 g/mol. The second kappa shape index (κ2) is 7.23. The molecule has 2 N–H and O–H groups in total. The van der Waals surface area contributed by atoms with Crippen LogP contribution >= 0.6 is 11.3 Å². The fraction of sp³-hybridized carbons (Fsp3) is 0.211. The molecule has 0 saturated carbocycles. The molecule has 1 aromatic heterocycles. The number of anilines is 2. The van der Waals surface area contributed by atoms with Crippen LogP contribution in [-0.4, -0.2) is 29.5 Å². The summed E-state index contributed by atoms with van der Waals surface area (Å²) in [6.07, 6.45) is 1.21. The third-order valence-corrected chi connectivity index (χ3v) is 5.08. The van der Waals surface area contributed by atoms with Crippen molar-refractivity contribution in [1.82, 2.24) is 4.98 Å². The number of hydrogen-bond donors (Lipinski definition) is 2. The van der Waals surface area contributed by atoms with Gasteiger partial charge in [-0.3, -0.25) is 14.9 Å². The highest BCUT2D eigenvalue weighted by Crippen LogP contribution is 2.26. The number of amides is 2. The van der Waals surface area contributed by atoms with Gasteiger partial charge in [-0.2, -0.15) is 0 Å². The van der Waals surface area contributed by atoms with Crippen LogP contribution in [0, 0.1) is 0 Å². The van der Waals surface area contributed by atoms with Crippen LogP contribution in [0.5, 0.6) is 0 Å². The number of hydrogen-bond acceptors (Lipinski definition) is 5. The summed E-state index contributed by atoms with van der Waals surface area (Å²) in [5, 5.41) is 6.17. The first-order valence-corrected chi connectivity index (χ1v) is 9.20. The van der Waals surface area contributed by atoms with Crippen molar-refractivity contribution in [2.24, 2.45) is 0 Å². The lowest BCUT2D eigenvalue weighted by molar-refractivity contribution is -0.124. The first kappa shape index (κ1) is 16.7. The smallest absolute Gasteiger partial charge is 0.257 e. The zero-order valence-electron chi connectivity index (χ0n) is 13.9. The molecule has 26 heavy (non-hydrogen) atoms. The van der Waals surface area contributed by atoms with E-state index in [0.717, 1.165) is 23.1 Å². The number of thiazole rings is 1. The Balaban J connectivity index is 1.46. The number of rotatable bonds is 4. The van der Waals surface area contributed by atoms with Crippen molar-refractivity contribution in [1.29, 1.82) is 0 Å². The molecule has 0 unspecified atom stereocenters. The maximum absolute atomic E-state index is 12.5. The van der Waals surface area contributed by atoms with Crippen LogP contribution in [0.15, 0.2) is 48.5 Å². The zero-order chi connectivity index (χ0) is 17.9. The summed E-state index contributed by atoms with van der Waals surface area (Å²) in [6.45, 7) is 0.614. The lowest BCUT2D eigenvalue weighted by atomic mass is 10.1. The molecule has 1 atom stereocenters. The van der Waals surface area contributed by atoms with Crippen LogP contribution in [0.25, 0.3) is 10.2 Å². The molecule has 1 fully saturated rings. The highest BCUT2D eigenvalue weighted by molar-refractivity contribution is 7.22. The summed E-state index contributed by atoms with van der Waals surface area (Å²) in [7, 11) is 0. The largest absolute Gasteiger partial charge is 0.368 e. The third-order valence-electron chi connectivity index (χ3n) is 4.13. The lowest BCUT2D eigenvalue weighted by Gasteiger charge is -2.11. The van der Waals surface area contributed by atoms with Crippen molar-refractivity contribution < 1.29 is 14.3 Å². The first-order chi connectivity index (χ1) is 12.7. The van der Waals surface area contributed by atoms with Crippen LogP contribution in [0.1, 0.15) is 23.2 Å². The second-order valence-corrected chi connectivity index (χ2v) is 7.04.